The first-order valence-corrected chi connectivity index (χ1v) is 8.58. The van der Waals surface area contributed by atoms with Crippen molar-refractivity contribution in [3.63, 3.8) is 0 Å². The second kappa shape index (κ2) is 7.45. The van der Waals surface area contributed by atoms with E-state index < -0.39 is 12.7 Å². The smallest absolute Gasteiger partial charge is 0.128 e. The van der Waals surface area contributed by atoms with Gasteiger partial charge in [0.2, 0.25) is 0 Å². The molecule has 1 aromatic heterocycles. The summed E-state index contributed by atoms with van der Waals surface area (Å²) < 4.78 is 28.0. The van der Waals surface area contributed by atoms with E-state index in [0.717, 1.165) is 15.4 Å². The van der Waals surface area contributed by atoms with Gasteiger partial charge >= 0.3 is 0 Å². The van der Waals surface area contributed by atoms with Crippen molar-refractivity contribution in [2.45, 2.75) is 12.5 Å². The van der Waals surface area contributed by atoms with Crippen molar-refractivity contribution in [3.8, 4) is 0 Å². The van der Waals surface area contributed by atoms with E-state index in [1.165, 1.54) is 12.3 Å². The molecule has 1 heterocycles. The van der Waals surface area contributed by atoms with E-state index in [4.69, 9.17) is 11.6 Å². The average molecular weight is 412 g/mol. The summed E-state index contributed by atoms with van der Waals surface area (Å²) in [6.45, 7) is -0.573. The molecule has 0 aliphatic heterocycles. The Morgan fingerprint density at radius 1 is 1.21 bits per heavy atom. The monoisotopic (exact) mass is 410 g/mol. The van der Waals surface area contributed by atoms with E-state index >= 15 is 0 Å². The zero-order valence-electron chi connectivity index (χ0n) is 12.6. The molecule has 6 heteroatoms. The molecular weight excluding hydrogens is 398 g/mol. The summed E-state index contributed by atoms with van der Waals surface area (Å²) in [7, 11) is 0. The van der Waals surface area contributed by atoms with Gasteiger partial charge in [-0.15, -0.1) is 0 Å². The third-order valence-electron chi connectivity index (χ3n) is 3.78. The summed E-state index contributed by atoms with van der Waals surface area (Å²) in [5.41, 5.74) is 1.77. The van der Waals surface area contributed by atoms with E-state index in [2.05, 4.69) is 26.2 Å². The topological polar surface area (TPSA) is 24.9 Å². The maximum absolute atomic E-state index is 14.1. The van der Waals surface area contributed by atoms with Gasteiger partial charge < -0.3 is 5.32 Å². The Morgan fingerprint density at radius 2 is 2.00 bits per heavy atom. The maximum Gasteiger partial charge on any atom is 0.128 e. The first-order valence-electron chi connectivity index (χ1n) is 7.41. The number of benzene rings is 2. The van der Waals surface area contributed by atoms with Crippen LogP contribution in [0.1, 0.15) is 18.0 Å². The minimum absolute atomic E-state index is 0.134. The van der Waals surface area contributed by atoms with Crippen molar-refractivity contribution in [2.24, 2.45) is 0 Å². The van der Waals surface area contributed by atoms with Crippen LogP contribution in [0.5, 0.6) is 0 Å². The predicted octanol–water partition coefficient (Wildman–Crippen LogP) is 6.30. The lowest BCUT2D eigenvalue weighted by Crippen LogP contribution is -2.14. The Morgan fingerprint density at radius 3 is 2.75 bits per heavy atom. The van der Waals surface area contributed by atoms with Crippen LogP contribution in [-0.2, 0) is 0 Å². The molecule has 2 nitrogen and oxygen atoms in total. The Hall–Kier alpha value is -1.72. The fraction of sp³-hybridized carbons (Fsp3) is 0.167. The molecule has 0 radical (unpaired) electrons. The lowest BCUT2D eigenvalue weighted by molar-refractivity contribution is 0.445. The minimum atomic E-state index is -0.573. The normalized spacial score (nSPS) is 12.3. The van der Waals surface area contributed by atoms with Gasteiger partial charge in [0.15, 0.2) is 0 Å². The molecule has 0 fully saturated rings. The third kappa shape index (κ3) is 3.52. The van der Waals surface area contributed by atoms with Crippen LogP contribution >= 0.6 is 27.5 Å². The second-order valence-electron chi connectivity index (χ2n) is 5.34. The van der Waals surface area contributed by atoms with Gasteiger partial charge in [0.1, 0.15) is 5.82 Å². The highest BCUT2D eigenvalue weighted by Crippen LogP contribution is 2.35. The van der Waals surface area contributed by atoms with Crippen molar-refractivity contribution in [1.29, 1.82) is 0 Å². The van der Waals surface area contributed by atoms with E-state index in [1.807, 2.05) is 18.2 Å². The SMILES string of the molecule is FCCC(Nc1c(Cl)cnc2ccc(Br)cc12)c1ccccc1F. The van der Waals surface area contributed by atoms with E-state index in [0.29, 0.717) is 16.3 Å². The molecule has 0 saturated heterocycles. The maximum atomic E-state index is 14.1. The number of hydrogen-bond acceptors (Lipinski definition) is 2. The number of nitrogens with zero attached hydrogens (tertiary/aromatic N) is 1. The second-order valence-corrected chi connectivity index (χ2v) is 6.66. The summed E-state index contributed by atoms with van der Waals surface area (Å²) in [5, 5.41) is 4.40. The summed E-state index contributed by atoms with van der Waals surface area (Å²) >= 11 is 9.73. The number of rotatable bonds is 5. The van der Waals surface area contributed by atoms with Crippen LogP contribution in [0.15, 0.2) is 53.1 Å². The fourth-order valence-electron chi connectivity index (χ4n) is 2.63. The van der Waals surface area contributed by atoms with Crippen molar-refractivity contribution in [3.05, 3.63) is 69.5 Å². The van der Waals surface area contributed by atoms with Crippen molar-refractivity contribution in [2.75, 3.05) is 12.0 Å². The number of fused-ring (bicyclic) bond motifs is 1. The Bertz CT molecular complexity index is 868. The molecule has 0 amide bonds. The van der Waals surface area contributed by atoms with Gasteiger partial charge in [0, 0.05) is 28.0 Å². The lowest BCUT2D eigenvalue weighted by Gasteiger charge is -2.21. The number of pyridine rings is 1. The van der Waals surface area contributed by atoms with E-state index in [1.54, 1.807) is 18.2 Å². The Labute approximate surface area is 152 Å². The molecule has 0 saturated carbocycles. The average Bonchev–Trinajstić information content (AvgIpc) is 2.57. The molecule has 3 aromatic rings. The molecule has 3 rings (SSSR count). The summed E-state index contributed by atoms with van der Waals surface area (Å²) in [5.74, 6) is -0.376. The van der Waals surface area contributed by atoms with Crippen LogP contribution in [-0.4, -0.2) is 11.7 Å². The molecular formula is C18H14BrClF2N2. The molecule has 24 heavy (non-hydrogen) atoms. The number of alkyl halides is 1. The zero-order valence-corrected chi connectivity index (χ0v) is 14.9. The van der Waals surface area contributed by atoms with Gasteiger partial charge in [-0.25, -0.2) is 4.39 Å². The van der Waals surface area contributed by atoms with Crippen LogP contribution < -0.4 is 5.32 Å². The largest absolute Gasteiger partial charge is 0.376 e. The van der Waals surface area contributed by atoms with Crippen LogP contribution in [0.4, 0.5) is 14.5 Å². The highest BCUT2D eigenvalue weighted by molar-refractivity contribution is 9.10. The highest BCUT2D eigenvalue weighted by Gasteiger charge is 2.18. The molecule has 0 aliphatic rings. The van der Waals surface area contributed by atoms with Crippen LogP contribution in [0.2, 0.25) is 5.02 Å². The van der Waals surface area contributed by atoms with Gasteiger partial charge in [-0.05, 0) is 24.3 Å². The first-order chi connectivity index (χ1) is 11.6. The molecule has 0 spiro atoms. The number of halogens is 4. The van der Waals surface area contributed by atoms with Crippen LogP contribution in [0.25, 0.3) is 10.9 Å². The molecule has 124 valence electrons. The number of aromatic nitrogens is 1. The highest BCUT2D eigenvalue weighted by atomic mass is 79.9. The van der Waals surface area contributed by atoms with E-state index in [9.17, 15) is 8.78 Å². The van der Waals surface area contributed by atoms with Crippen LogP contribution in [0, 0.1) is 5.82 Å². The molecule has 1 atom stereocenters. The summed E-state index contributed by atoms with van der Waals surface area (Å²) in [6.07, 6.45) is 1.67. The quantitative estimate of drug-likeness (QED) is 0.533. The Balaban J connectivity index is 2.07. The van der Waals surface area contributed by atoms with Gasteiger partial charge in [0.05, 0.1) is 28.9 Å². The number of hydrogen-bond donors (Lipinski definition) is 1. The zero-order chi connectivity index (χ0) is 17.1. The summed E-state index contributed by atoms with van der Waals surface area (Å²) in [4.78, 5) is 4.29. The van der Waals surface area contributed by atoms with Crippen molar-refractivity contribution in [1.82, 2.24) is 4.98 Å². The fourth-order valence-corrected chi connectivity index (χ4v) is 3.20. The Kier molecular flexibility index (Phi) is 5.31. The van der Waals surface area contributed by atoms with Crippen molar-refractivity contribution < 1.29 is 8.78 Å². The van der Waals surface area contributed by atoms with E-state index in [-0.39, 0.29) is 12.2 Å². The van der Waals surface area contributed by atoms with Gasteiger partial charge in [0.25, 0.3) is 0 Å². The van der Waals surface area contributed by atoms with Gasteiger partial charge in [-0.2, -0.15) is 0 Å². The van der Waals surface area contributed by atoms with Crippen molar-refractivity contribution >= 4 is 44.1 Å². The molecule has 1 unspecified atom stereocenters. The number of anilines is 1. The number of nitrogens with one attached hydrogen (secondary N) is 1. The lowest BCUT2D eigenvalue weighted by atomic mass is 10.0. The summed E-state index contributed by atoms with van der Waals surface area (Å²) in [6, 6.07) is 11.4. The molecule has 2 aromatic carbocycles. The molecule has 0 bridgehead atoms. The predicted molar refractivity (Wildman–Crippen MR) is 97.8 cm³/mol. The first kappa shape index (κ1) is 17.1. The minimum Gasteiger partial charge on any atom is -0.376 e. The standard InChI is InChI=1S/C18H14BrClF2N2/c19-11-5-6-16-13(9-11)18(14(20)10-23-16)24-17(7-8-21)12-3-1-2-4-15(12)22/h1-6,9-10,17H,7-8H2,(H,23,24). The van der Waals surface area contributed by atoms with Gasteiger partial charge in [-0.3, -0.25) is 9.37 Å². The third-order valence-corrected chi connectivity index (χ3v) is 4.56. The van der Waals surface area contributed by atoms with Gasteiger partial charge in [-0.1, -0.05) is 45.7 Å². The molecule has 0 aliphatic carbocycles. The molecule has 1 N–H and O–H groups in total. The van der Waals surface area contributed by atoms with Crippen LogP contribution in [0.3, 0.4) is 0 Å².